The van der Waals surface area contributed by atoms with E-state index in [4.69, 9.17) is 16.3 Å². The maximum absolute atomic E-state index is 12.6. The molecule has 0 fully saturated rings. The van der Waals surface area contributed by atoms with Crippen LogP contribution in [0.15, 0.2) is 41.3 Å². The molecule has 3 aromatic rings. The van der Waals surface area contributed by atoms with Crippen molar-refractivity contribution < 1.29 is 9.53 Å². The molecule has 3 rings (SSSR count). The number of ether oxygens (including phenoxy) is 1. The lowest BCUT2D eigenvalue weighted by atomic mass is 10.1. The highest BCUT2D eigenvalue weighted by atomic mass is 127. The Labute approximate surface area is 224 Å². The zero-order valence-corrected chi connectivity index (χ0v) is 23.3. The van der Waals surface area contributed by atoms with Gasteiger partial charge in [-0.05, 0) is 31.3 Å². The highest BCUT2D eigenvalue weighted by Crippen LogP contribution is 2.31. The van der Waals surface area contributed by atoms with E-state index in [0.717, 1.165) is 35.5 Å². The van der Waals surface area contributed by atoms with Crippen molar-refractivity contribution in [1.82, 2.24) is 18.0 Å². The third kappa shape index (κ3) is 6.61. The maximum atomic E-state index is 12.6. The van der Waals surface area contributed by atoms with Gasteiger partial charge in [0, 0.05) is 67.2 Å². The molecule has 2 N–H and O–H groups in total. The fraction of sp³-hybridized carbons (Fsp3) is 0.286. The van der Waals surface area contributed by atoms with Crippen LogP contribution in [0.4, 0.5) is 17.2 Å². The second-order valence-corrected chi connectivity index (χ2v) is 10.4. The number of amides is 1. The summed E-state index contributed by atoms with van der Waals surface area (Å²) in [4.78, 5) is 28.5. The molecule has 0 saturated carbocycles. The smallest absolute Gasteiger partial charge is 0.293 e. The highest BCUT2D eigenvalue weighted by molar-refractivity contribution is 14.1. The Kier molecular flexibility index (Phi) is 9.01. The van der Waals surface area contributed by atoms with Crippen LogP contribution in [0.2, 0.25) is 5.02 Å². The minimum absolute atomic E-state index is 0.107. The molecule has 0 atom stereocenters. The van der Waals surface area contributed by atoms with Gasteiger partial charge < -0.3 is 19.9 Å². The summed E-state index contributed by atoms with van der Waals surface area (Å²) in [6, 6.07) is 9.14. The standard InChI is InChI=1S/C21H23ClI2N6O3/c1-25-20(31)12-33-18-9-13-8-14(4-5-17(13)29(3)21(18)32)27-16-10-19(26-11-15(16)22)30(24)7-6-28(2)23/h4-5,8-11H,6-7,12H2,1-3H3,(H,25,31)(H,26,27). The summed E-state index contributed by atoms with van der Waals surface area (Å²) in [7, 11) is 5.19. The number of aryl methyl sites for hydroxylation is 1. The van der Waals surface area contributed by atoms with Crippen molar-refractivity contribution in [2.45, 2.75) is 0 Å². The molecule has 0 unspecified atom stereocenters. The topological polar surface area (TPSA) is 91.7 Å². The van der Waals surface area contributed by atoms with Gasteiger partial charge in [0.25, 0.3) is 11.5 Å². The number of halogens is 3. The number of anilines is 3. The Bertz CT molecular complexity index is 1220. The van der Waals surface area contributed by atoms with E-state index in [0.29, 0.717) is 10.7 Å². The van der Waals surface area contributed by atoms with Crippen LogP contribution < -0.4 is 24.0 Å². The molecule has 12 heteroatoms. The number of benzene rings is 1. The van der Waals surface area contributed by atoms with Gasteiger partial charge in [0.05, 0.1) is 45.3 Å². The molecule has 0 radical (unpaired) electrons. The number of aromatic nitrogens is 2. The molecule has 9 nitrogen and oxygen atoms in total. The number of likely N-dealkylation sites (N-methyl/N-ethyl adjacent to an activating group) is 2. The molecular weight excluding hydrogens is 674 g/mol. The summed E-state index contributed by atoms with van der Waals surface area (Å²) < 4.78 is 11.0. The second kappa shape index (κ2) is 11.5. The Morgan fingerprint density at radius 3 is 2.70 bits per heavy atom. The highest BCUT2D eigenvalue weighted by Gasteiger charge is 2.12. The summed E-state index contributed by atoms with van der Waals surface area (Å²) >= 11 is 10.9. The first-order valence-corrected chi connectivity index (χ1v) is 12.2. The summed E-state index contributed by atoms with van der Waals surface area (Å²) in [5, 5.41) is 7.07. The molecule has 33 heavy (non-hydrogen) atoms. The summed E-state index contributed by atoms with van der Waals surface area (Å²) in [6.45, 7) is 1.45. The molecule has 0 saturated heterocycles. The Hall–Kier alpha value is -1.84. The van der Waals surface area contributed by atoms with Crippen molar-refractivity contribution >= 4 is 91.3 Å². The number of fused-ring (bicyclic) bond motifs is 1. The number of carbonyl (C=O) groups is 1. The Morgan fingerprint density at radius 1 is 1.24 bits per heavy atom. The van der Waals surface area contributed by atoms with Gasteiger partial charge >= 0.3 is 0 Å². The van der Waals surface area contributed by atoms with Crippen LogP contribution >= 0.6 is 57.3 Å². The van der Waals surface area contributed by atoms with E-state index in [1.165, 1.54) is 11.6 Å². The number of hydrogen-bond acceptors (Lipinski definition) is 7. The van der Waals surface area contributed by atoms with Crippen molar-refractivity contribution in [3.8, 4) is 5.75 Å². The molecule has 2 aromatic heterocycles. The summed E-state index contributed by atoms with van der Waals surface area (Å²) in [5.74, 6) is 0.578. The Balaban J connectivity index is 1.88. The number of carbonyl (C=O) groups excluding carboxylic acids is 1. The molecule has 1 amide bonds. The van der Waals surface area contributed by atoms with Crippen LogP contribution in [-0.2, 0) is 11.8 Å². The van der Waals surface area contributed by atoms with E-state index < -0.39 is 0 Å². The normalized spacial score (nSPS) is 11.0. The van der Waals surface area contributed by atoms with Crippen LogP contribution in [0, 0.1) is 0 Å². The van der Waals surface area contributed by atoms with E-state index in [2.05, 4.69) is 64.5 Å². The lowest BCUT2D eigenvalue weighted by Gasteiger charge is -2.19. The molecular formula is C21H23ClI2N6O3. The van der Waals surface area contributed by atoms with Gasteiger partial charge in [-0.3, -0.25) is 12.7 Å². The first kappa shape index (κ1) is 25.8. The predicted octanol–water partition coefficient (Wildman–Crippen LogP) is 3.89. The number of hydrogen-bond donors (Lipinski definition) is 2. The van der Waals surface area contributed by atoms with Crippen molar-refractivity contribution in [3.05, 3.63) is 51.9 Å². The van der Waals surface area contributed by atoms with E-state index >= 15 is 0 Å². The van der Waals surface area contributed by atoms with Crippen LogP contribution in [0.3, 0.4) is 0 Å². The molecule has 176 valence electrons. The summed E-state index contributed by atoms with van der Waals surface area (Å²) in [5.41, 5.74) is 1.92. The molecule has 0 aliphatic heterocycles. The predicted molar refractivity (Wildman–Crippen MR) is 149 cm³/mol. The van der Waals surface area contributed by atoms with Crippen LogP contribution in [0.1, 0.15) is 0 Å². The molecule has 2 heterocycles. The van der Waals surface area contributed by atoms with Crippen molar-refractivity contribution in [2.24, 2.45) is 7.05 Å². The van der Waals surface area contributed by atoms with Gasteiger partial charge in [-0.2, -0.15) is 0 Å². The van der Waals surface area contributed by atoms with Crippen LogP contribution in [-0.4, -0.2) is 52.4 Å². The van der Waals surface area contributed by atoms with Crippen molar-refractivity contribution in [1.29, 1.82) is 0 Å². The number of nitrogens with zero attached hydrogens (tertiary/aromatic N) is 4. The third-order valence-corrected chi connectivity index (χ3v) is 6.56. The first-order chi connectivity index (χ1) is 15.7. The molecule has 1 aromatic carbocycles. The molecule has 0 bridgehead atoms. The van der Waals surface area contributed by atoms with E-state index in [9.17, 15) is 9.59 Å². The first-order valence-electron chi connectivity index (χ1n) is 9.89. The number of nitrogens with one attached hydrogen (secondary N) is 2. The number of pyridine rings is 2. The SMILES string of the molecule is CNC(=O)COc1cc2cc(Nc3cc(N(I)CCN(C)I)ncc3Cl)ccc2n(C)c1=O. The van der Waals surface area contributed by atoms with Gasteiger partial charge in [0.2, 0.25) is 0 Å². The lowest BCUT2D eigenvalue weighted by Crippen LogP contribution is -2.27. The summed E-state index contributed by atoms with van der Waals surface area (Å²) in [6.07, 6.45) is 1.62. The van der Waals surface area contributed by atoms with Gasteiger partial charge in [0.15, 0.2) is 12.4 Å². The lowest BCUT2D eigenvalue weighted by molar-refractivity contribution is -0.122. The third-order valence-electron chi connectivity index (χ3n) is 4.80. The zero-order valence-electron chi connectivity index (χ0n) is 18.2. The van der Waals surface area contributed by atoms with Crippen LogP contribution in [0.25, 0.3) is 10.9 Å². The van der Waals surface area contributed by atoms with Crippen molar-refractivity contribution in [2.75, 3.05) is 42.2 Å². The average Bonchev–Trinajstić information content (AvgIpc) is 2.79. The molecule has 0 aliphatic carbocycles. The quantitative estimate of drug-likeness (QED) is 0.259. The van der Waals surface area contributed by atoms with E-state index in [1.807, 2.05) is 34.4 Å². The van der Waals surface area contributed by atoms with E-state index in [-0.39, 0.29) is 23.8 Å². The fourth-order valence-corrected chi connectivity index (χ4v) is 3.85. The van der Waals surface area contributed by atoms with Gasteiger partial charge in [0.1, 0.15) is 5.82 Å². The fourth-order valence-electron chi connectivity index (χ4n) is 3.00. The monoisotopic (exact) mass is 696 g/mol. The van der Waals surface area contributed by atoms with E-state index in [1.54, 1.807) is 19.3 Å². The van der Waals surface area contributed by atoms with Gasteiger partial charge in [-0.15, -0.1) is 0 Å². The second-order valence-electron chi connectivity index (χ2n) is 7.17. The molecule has 0 spiro atoms. The minimum atomic E-state index is -0.315. The largest absolute Gasteiger partial charge is 0.478 e. The van der Waals surface area contributed by atoms with Gasteiger partial charge in [-0.1, -0.05) is 11.6 Å². The van der Waals surface area contributed by atoms with Crippen LogP contribution in [0.5, 0.6) is 5.75 Å². The Morgan fingerprint density at radius 2 is 2.00 bits per heavy atom. The number of rotatable bonds is 9. The average molecular weight is 697 g/mol. The van der Waals surface area contributed by atoms with Gasteiger partial charge in [-0.25, -0.2) is 8.10 Å². The maximum Gasteiger partial charge on any atom is 0.293 e. The minimum Gasteiger partial charge on any atom is -0.478 e. The molecule has 0 aliphatic rings. The zero-order chi connectivity index (χ0) is 24.1. The van der Waals surface area contributed by atoms with Crippen molar-refractivity contribution in [3.63, 3.8) is 0 Å².